The van der Waals surface area contributed by atoms with Crippen molar-refractivity contribution >= 4 is 41.5 Å². The first-order valence-corrected chi connectivity index (χ1v) is 10.8. The van der Waals surface area contributed by atoms with Crippen molar-refractivity contribution in [3.63, 3.8) is 0 Å². The number of likely N-dealkylation sites (N-methyl/N-ethyl adjacent to an activating group) is 1. The zero-order valence-corrected chi connectivity index (χ0v) is 21.5. The number of para-hydroxylation sites is 1. The zero-order valence-electron chi connectivity index (χ0n) is 19.1. The number of carbonyl (C=O) groups excluding carboxylic acids is 1. The van der Waals surface area contributed by atoms with Crippen molar-refractivity contribution in [2.75, 3.05) is 45.7 Å². The summed E-state index contributed by atoms with van der Waals surface area (Å²) in [5.41, 5.74) is 3.19. The number of ether oxygens (including phenoxy) is 1. The molecule has 3 rings (SSSR count). The Morgan fingerprint density at radius 3 is 2.47 bits per heavy atom. The molecule has 1 aliphatic heterocycles. The molecule has 2 aromatic carbocycles. The number of aliphatic imine (C=N–C) groups is 1. The van der Waals surface area contributed by atoms with Crippen molar-refractivity contribution in [1.82, 2.24) is 15.5 Å². The molecule has 1 saturated heterocycles. The van der Waals surface area contributed by atoms with Gasteiger partial charge in [0.2, 0.25) is 5.91 Å². The monoisotopic (exact) mass is 551 g/mol. The van der Waals surface area contributed by atoms with Crippen LogP contribution in [0.25, 0.3) is 0 Å². The lowest BCUT2D eigenvalue weighted by Crippen LogP contribution is -2.36. The lowest BCUT2D eigenvalue weighted by atomic mass is 10.2. The van der Waals surface area contributed by atoms with Gasteiger partial charge in [0.25, 0.3) is 0 Å². The van der Waals surface area contributed by atoms with Crippen molar-refractivity contribution in [2.45, 2.75) is 25.9 Å². The fourth-order valence-electron chi connectivity index (χ4n) is 3.43. The molecule has 0 atom stereocenters. The maximum Gasteiger partial charge on any atom is 0.227 e. The summed E-state index contributed by atoms with van der Waals surface area (Å²) in [7, 11) is 5.83. The van der Waals surface area contributed by atoms with Crippen LogP contribution in [-0.2, 0) is 17.9 Å². The molecule has 0 aromatic heterocycles. The van der Waals surface area contributed by atoms with Gasteiger partial charge in [-0.05, 0) is 44.3 Å². The topological polar surface area (TPSA) is 69.2 Å². The molecule has 1 fully saturated rings. The third-order valence-electron chi connectivity index (χ3n) is 5.22. The molecule has 1 aliphatic rings. The smallest absolute Gasteiger partial charge is 0.227 e. The molecule has 2 aromatic rings. The molecule has 174 valence electrons. The molecule has 1 amide bonds. The van der Waals surface area contributed by atoms with Gasteiger partial charge in [-0.15, -0.1) is 24.0 Å². The van der Waals surface area contributed by atoms with Gasteiger partial charge in [0.05, 0.1) is 0 Å². The molecule has 2 N–H and O–H groups in total. The summed E-state index contributed by atoms with van der Waals surface area (Å²) in [5, 5.41) is 6.70. The molecule has 0 aliphatic carbocycles. The average molecular weight is 551 g/mol. The van der Waals surface area contributed by atoms with Gasteiger partial charge >= 0.3 is 0 Å². The highest BCUT2D eigenvalue weighted by molar-refractivity contribution is 14.0. The number of guanidine groups is 1. The maximum atomic E-state index is 11.9. The number of carbonyl (C=O) groups is 1. The molecule has 0 saturated carbocycles. The third-order valence-corrected chi connectivity index (χ3v) is 5.22. The third kappa shape index (κ3) is 7.67. The second kappa shape index (κ2) is 13.3. The van der Waals surface area contributed by atoms with Crippen molar-refractivity contribution in [2.24, 2.45) is 4.99 Å². The van der Waals surface area contributed by atoms with Crippen LogP contribution in [0, 0.1) is 0 Å². The first kappa shape index (κ1) is 25.9. The number of hydrogen-bond donors (Lipinski definition) is 2. The summed E-state index contributed by atoms with van der Waals surface area (Å²) < 4.78 is 5.93. The van der Waals surface area contributed by atoms with E-state index in [0.717, 1.165) is 48.0 Å². The van der Waals surface area contributed by atoms with Gasteiger partial charge in [0, 0.05) is 50.9 Å². The molecule has 0 unspecified atom stereocenters. The largest absolute Gasteiger partial charge is 0.492 e. The maximum absolute atomic E-state index is 11.9. The van der Waals surface area contributed by atoms with Gasteiger partial charge in [0.1, 0.15) is 12.4 Å². The van der Waals surface area contributed by atoms with E-state index in [-0.39, 0.29) is 29.9 Å². The second-order valence-electron chi connectivity index (χ2n) is 7.85. The summed E-state index contributed by atoms with van der Waals surface area (Å²) in [5.74, 6) is 1.82. The lowest BCUT2D eigenvalue weighted by molar-refractivity contribution is -0.117. The summed E-state index contributed by atoms with van der Waals surface area (Å²) in [6, 6.07) is 16.2. The van der Waals surface area contributed by atoms with Crippen LogP contribution in [0.1, 0.15) is 24.0 Å². The van der Waals surface area contributed by atoms with Crippen molar-refractivity contribution in [1.29, 1.82) is 0 Å². The van der Waals surface area contributed by atoms with E-state index in [1.54, 1.807) is 7.05 Å². The standard InChI is InChI=1S/C24H33N5O2.HI/c1-25-24(27-18-20-7-4-5-8-22(20)31-16-15-28(2)3)26-17-19-10-12-21(13-11-19)29-14-6-9-23(29)30;/h4-5,7-8,10-13H,6,9,14-18H2,1-3H3,(H2,25,26,27);1H. The number of halogens is 1. The Hall–Kier alpha value is -2.33. The molecular formula is C24H34IN5O2. The van der Waals surface area contributed by atoms with E-state index in [4.69, 9.17) is 4.74 Å². The Morgan fingerprint density at radius 1 is 1.09 bits per heavy atom. The van der Waals surface area contributed by atoms with Crippen molar-refractivity contribution in [3.8, 4) is 5.75 Å². The van der Waals surface area contributed by atoms with Crippen molar-refractivity contribution in [3.05, 3.63) is 59.7 Å². The first-order valence-electron chi connectivity index (χ1n) is 10.8. The molecule has 32 heavy (non-hydrogen) atoms. The Bertz CT molecular complexity index is 886. The SMILES string of the molecule is CN=C(NCc1ccc(N2CCCC2=O)cc1)NCc1ccccc1OCCN(C)C.I. The van der Waals surface area contributed by atoms with E-state index in [9.17, 15) is 4.79 Å². The summed E-state index contributed by atoms with van der Waals surface area (Å²) in [6.07, 6.45) is 1.59. The number of nitrogens with zero attached hydrogens (tertiary/aromatic N) is 3. The van der Waals surface area contributed by atoms with Crippen LogP contribution in [0.15, 0.2) is 53.5 Å². The number of amides is 1. The number of rotatable bonds is 9. The minimum absolute atomic E-state index is 0. The Balaban J connectivity index is 0.00000363. The quantitative estimate of drug-likeness (QED) is 0.285. The minimum Gasteiger partial charge on any atom is -0.492 e. The average Bonchev–Trinajstić information content (AvgIpc) is 3.21. The van der Waals surface area contributed by atoms with Gasteiger partial charge < -0.3 is 25.2 Å². The fraction of sp³-hybridized carbons (Fsp3) is 0.417. The highest BCUT2D eigenvalue weighted by Crippen LogP contribution is 2.21. The van der Waals surface area contributed by atoms with Crippen LogP contribution in [0.4, 0.5) is 5.69 Å². The van der Waals surface area contributed by atoms with Gasteiger partial charge in [0.15, 0.2) is 5.96 Å². The van der Waals surface area contributed by atoms with Gasteiger partial charge in [-0.25, -0.2) is 0 Å². The highest BCUT2D eigenvalue weighted by Gasteiger charge is 2.21. The van der Waals surface area contributed by atoms with Crippen LogP contribution in [0.5, 0.6) is 5.75 Å². The number of nitrogens with one attached hydrogen (secondary N) is 2. The van der Waals surface area contributed by atoms with Crippen LogP contribution < -0.4 is 20.3 Å². The molecule has 0 spiro atoms. The van der Waals surface area contributed by atoms with Crippen LogP contribution in [0.2, 0.25) is 0 Å². The Kier molecular flexibility index (Phi) is 10.8. The second-order valence-corrected chi connectivity index (χ2v) is 7.85. The van der Waals surface area contributed by atoms with E-state index in [1.807, 2.05) is 49.3 Å². The van der Waals surface area contributed by atoms with Gasteiger partial charge in [-0.1, -0.05) is 30.3 Å². The van der Waals surface area contributed by atoms with E-state index >= 15 is 0 Å². The molecule has 0 radical (unpaired) electrons. The number of benzene rings is 2. The Labute approximate surface area is 208 Å². The molecule has 0 bridgehead atoms. The summed E-state index contributed by atoms with van der Waals surface area (Å²) >= 11 is 0. The van der Waals surface area contributed by atoms with Crippen molar-refractivity contribution < 1.29 is 9.53 Å². The molecule has 1 heterocycles. The van der Waals surface area contributed by atoms with Crippen LogP contribution >= 0.6 is 24.0 Å². The highest BCUT2D eigenvalue weighted by atomic mass is 127. The Morgan fingerprint density at radius 2 is 1.81 bits per heavy atom. The zero-order chi connectivity index (χ0) is 22.1. The van der Waals surface area contributed by atoms with Gasteiger partial charge in [-0.3, -0.25) is 9.79 Å². The summed E-state index contributed by atoms with van der Waals surface area (Å²) in [6.45, 7) is 3.60. The first-order chi connectivity index (χ1) is 15.1. The molecule has 7 nitrogen and oxygen atoms in total. The van der Waals surface area contributed by atoms with Gasteiger partial charge in [-0.2, -0.15) is 0 Å². The lowest BCUT2D eigenvalue weighted by Gasteiger charge is -2.17. The number of hydrogen-bond acceptors (Lipinski definition) is 4. The number of anilines is 1. The normalized spacial score (nSPS) is 13.8. The van der Waals surface area contributed by atoms with E-state index < -0.39 is 0 Å². The molecule has 8 heteroatoms. The van der Waals surface area contributed by atoms with E-state index in [0.29, 0.717) is 26.1 Å². The predicted octanol–water partition coefficient (Wildman–Crippen LogP) is 3.24. The van der Waals surface area contributed by atoms with Crippen LogP contribution in [-0.4, -0.2) is 57.6 Å². The molecular weight excluding hydrogens is 517 g/mol. The van der Waals surface area contributed by atoms with E-state index in [2.05, 4.69) is 38.7 Å². The predicted molar refractivity (Wildman–Crippen MR) is 141 cm³/mol. The summed E-state index contributed by atoms with van der Waals surface area (Å²) in [4.78, 5) is 20.2. The fourth-order valence-corrected chi connectivity index (χ4v) is 3.43. The minimum atomic E-state index is 0. The van der Waals surface area contributed by atoms with E-state index in [1.165, 1.54) is 0 Å². The van der Waals surface area contributed by atoms with Crippen LogP contribution in [0.3, 0.4) is 0 Å².